The van der Waals surface area contributed by atoms with Crippen LogP contribution in [0.15, 0.2) is 18.2 Å². The van der Waals surface area contributed by atoms with Crippen LogP contribution in [0, 0.1) is 17.1 Å². The van der Waals surface area contributed by atoms with Crippen molar-refractivity contribution in [1.82, 2.24) is 10.2 Å². The molecule has 0 aliphatic carbocycles. The number of nitriles is 1. The fraction of sp³-hybridized carbons (Fsp3) is 0.100. The molecule has 1 aromatic heterocycles. The second-order valence-electron chi connectivity index (χ2n) is 2.96. The molecule has 0 saturated carbocycles. The lowest BCUT2D eigenvalue weighted by Crippen LogP contribution is -1.98. The zero-order valence-corrected chi connectivity index (χ0v) is 9.93. The second-order valence-corrected chi connectivity index (χ2v) is 4.61. The highest BCUT2D eigenvalue weighted by molar-refractivity contribution is 7.15. The molecule has 1 aromatic carbocycles. The van der Waals surface area contributed by atoms with E-state index in [0.29, 0.717) is 9.47 Å². The van der Waals surface area contributed by atoms with Gasteiger partial charge in [-0.25, -0.2) is 4.39 Å². The summed E-state index contributed by atoms with van der Waals surface area (Å²) in [6, 6.07) is 5.94. The van der Waals surface area contributed by atoms with Crippen molar-refractivity contribution >= 4 is 22.9 Å². The Morgan fingerprint density at radius 1 is 1.47 bits per heavy atom. The van der Waals surface area contributed by atoms with Gasteiger partial charge in [-0.3, -0.25) is 0 Å². The number of halogens is 2. The van der Waals surface area contributed by atoms with E-state index < -0.39 is 5.82 Å². The number of ether oxygens (including phenoxy) is 1. The molecule has 86 valence electrons. The average molecular weight is 270 g/mol. The van der Waals surface area contributed by atoms with Gasteiger partial charge in [-0.05, 0) is 23.7 Å². The number of aromatic nitrogens is 2. The Morgan fingerprint density at radius 2 is 2.29 bits per heavy atom. The molecule has 4 nitrogen and oxygen atoms in total. The molecule has 0 bridgehead atoms. The van der Waals surface area contributed by atoms with Crippen LogP contribution in [0.1, 0.15) is 10.6 Å². The lowest BCUT2D eigenvalue weighted by molar-refractivity contribution is 0.302. The van der Waals surface area contributed by atoms with Crippen molar-refractivity contribution < 1.29 is 9.13 Å². The van der Waals surface area contributed by atoms with Gasteiger partial charge in [-0.2, -0.15) is 5.26 Å². The topological polar surface area (TPSA) is 58.8 Å². The lowest BCUT2D eigenvalue weighted by Gasteiger charge is -2.05. The van der Waals surface area contributed by atoms with Crippen molar-refractivity contribution in [3.05, 3.63) is 39.1 Å². The molecule has 0 aliphatic heterocycles. The first-order valence-corrected chi connectivity index (χ1v) is 5.69. The van der Waals surface area contributed by atoms with Gasteiger partial charge in [0.05, 0.1) is 0 Å². The highest BCUT2D eigenvalue weighted by atomic mass is 35.5. The van der Waals surface area contributed by atoms with E-state index in [1.165, 1.54) is 29.5 Å². The van der Waals surface area contributed by atoms with E-state index in [1.807, 2.05) is 0 Å². The van der Waals surface area contributed by atoms with Crippen LogP contribution in [0.4, 0.5) is 4.39 Å². The number of nitrogens with zero attached hydrogens (tertiary/aromatic N) is 3. The highest BCUT2D eigenvalue weighted by Gasteiger charge is 2.10. The van der Waals surface area contributed by atoms with Gasteiger partial charge >= 0.3 is 0 Å². The van der Waals surface area contributed by atoms with Crippen LogP contribution >= 0.6 is 22.9 Å². The van der Waals surface area contributed by atoms with E-state index >= 15 is 0 Å². The Bertz CT molecular complexity index is 581. The largest absolute Gasteiger partial charge is 0.485 e. The van der Waals surface area contributed by atoms with Crippen molar-refractivity contribution in [3.8, 4) is 11.8 Å². The summed E-state index contributed by atoms with van der Waals surface area (Å²) in [6.45, 7) is 0.0997. The molecule has 0 fully saturated rings. The Labute approximate surface area is 105 Å². The lowest BCUT2D eigenvalue weighted by atomic mass is 10.2. The minimum Gasteiger partial charge on any atom is -0.485 e. The van der Waals surface area contributed by atoms with Gasteiger partial charge in [0, 0.05) is 0 Å². The van der Waals surface area contributed by atoms with Crippen molar-refractivity contribution in [3.63, 3.8) is 0 Å². The van der Waals surface area contributed by atoms with Crippen LogP contribution in [-0.2, 0) is 6.61 Å². The predicted octanol–water partition coefficient (Wildman–Crippen LogP) is 2.78. The van der Waals surface area contributed by atoms with E-state index in [1.54, 1.807) is 6.07 Å². The third-order valence-corrected chi connectivity index (χ3v) is 2.87. The number of rotatable bonds is 3. The van der Waals surface area contributed by atoms with Crippen LogP contribution < -0.4 is 4.74 Å². The summed E-state index contributed by atoms with van der Waals surface area (Å²) in [7, 11) is 0. The first-order chi connectivity index (χ1) is 8.20. The minimum atomic E-state index is -0.611. The first-order valence-electron chi connectivity index (χ1n) is 4.50. The van der Waals surface area contributed by atoms with E-state index in [-0.39, 0.29) is 17.9 Å². The van der Waals surface area contributed by atoms with Crippen molar-refractivity contribution in [2.75, 3.05) is 0 Å². The molecule has 2 rings (SSSR count). The molecular formula is C10H5ClFN3OS. The van der Waals surface area contributed by atoms with Crippen LogP contribution in [-0.4, -0.2) is 10.2 Å². The van der Waals surface area contributed by atoms with Gasteiger partial charge in [-0.1, -0.05) is 17.4 Å². The standard InChI is InChI=1S/C10H5ClFN3OS/c11-10-15-14-9(17-10)5-16-8-3-1-2-7(12)6(8)4-13/h1-3H,5H2. The SMILES string of the molecule is N#Cc1c(F)cccc1OCc1nnc(Cl)s1. The summed E-state index contributed by atoms with van der Waals surface area (Å²) < 4.78 is 18.8. The van der Waals surface area contributed by atoms with Gasteiger partial charge in [0.15, 0.2) is 5.01 Å². The smallest absolute Gasteiger partial charge is 0.207 e. The molecule has 2 aromatic rings. The third-order valence-electron chi connectivity index (χ3n) is 1.88. The van der Waals surface area contributed by atoms with Crippen LogP contribution in [0.5, 0.6) is 5.75 Å². The Hall–Kier alpha value is -1.71. The molecule has 0 amide bonds. The zero-order valence-electron chi connectivity index (χ0n) is 8.35. The van der Waals surface area contributed by atoms with Crippen LogP contribution in [0.25, 0.3) is 0 Å². The first kappa shape index (κ1) is 11.8. The Balaban J connectivity index is 2.14. The van der Waals surface area contributed by atoms with E-state index in [0.717, 1.165) is 0 Å². The van der Waals surface area contributed by atoms with Gasteiger partial charge in [-0.15, -0.1) is 10.2 Å². The molecule has 0 aliphatic rings. The monoisotopic (exact) mass is 269 g/mol. The van der Waals surface area contributed by atoms with E-state index in [4.69, 9.17) is 21.6 Å². The van der Waals surface area contributed by atoms with Crippen molar-refractivity contribution in [1.29, 1.82) is 5.26 Å². The van der Waals surface area contributed by atoms with Crippen molar-refractivity contribution in [2.24, 2.45) is 0 Å². The number of benzene rings is 1. The fourth-order valence-corrected chi connectivity index (χ4v) is 1.94. The highest BCUT2D eigenvalue weighted by Crippen LogP contribution is 2.22. The van der Waals surface area contributed by atoms with Crippen LogP contribution in [0.3, 0.4) is 0 Å². The molecule has 1 heterocycles. The predicted molar refractivity (Wildman–Crippen MR) is 60.4 cm³/mol. The quantitative estimate of drug-likeness (QED) is 0.860. The number of hydrogen-bond donors (Lipinski definition) is 0. The van der Waals surface area contributed by atoms with Crippen LogP contribution in [0.2, 0.25) is 4.47 Å². The zero-order chi connectivity index (χ0) is 12.3. The van der Waals surface area contributed by atoms with Gasteiger partial charge in [0.1, 0.15) is 29.8 Å². The molecule has 0 spiro atoms. The summed E-state index contributed by atoms with van der Waals surface area (Å²) in [6.07, 6.45) is 0. The second kappa shape index (κ2) is 5.08. The van der Waals surface area contributed by atoms with Gasteiger partial charge < -0.3 is 4.74 Å². The molecular weight excluding hydrogens is 265 g/mol. The molecule has 0 atom stereocenters. The maximum atomic E-state index is 13.2. The molecule has 0 radical (unpaired) electrons. The summed E-state index contributed by atoms with van der Waals surface area (Å²) in [5.41, 5.74) is -0.122. The van der Waals surface area contributed by atoms with E-state index in [9.17, 15) is 4.39 Å². The summed E-state index contributed by atoms with van der Waals surface area (Å²) in [5, 5.41) is 16.7. The molecule has 0 unspecified atom stereocenters. The summed E-state index contributed by atoms with van der Waals surface area (Å²) >= 11 is 6.77. The molecule has 7 heteroatoms. The maximum Gasteiger partial charge on any atom is 0.207 e. The van der Waals surface area contributed by atoms with Gasteiger partial charge in [0.2, 0.25) is 4.47 Å². The van der Waals surface area contributed by atoms with E-state index in [2.05, 4.69) is 10.2 Å². The minimum absolute atomic E-state index is 0.0997. The Morgan fingerprint density at radius 3 is 2.94 bits per heavy atom. The Kier molecular flexibility index (Phi) is 3.52. The van der Waals surface area contributed by atoms with Gasteiger partial charge in [0.25, 0.3) is 0 Å². The maximum absolute atomic E-state index is 13.2. The summed E-state index contributed by atoms with van der Waals surface area (Å²) in [4.78, 5) is 0. The average Bonchev–Trinajstić information content (AvgIpc) is 2.72. The number of hydrogen-bond acceptors (Lipinski definition) is 5. The molecule has 0 N–H and O–H groups in total. The normalized spacial score (nSPS) is 9.94. The molecule has 0 saturated heterocycles. The fourth-order valence-electron chi connectivity index (χ4n) is 1.16. The van der Waals surface area contributed by atoms with Crippen molar-refractivity contribution in [2.45, 2.75) is 6.61 Å². The third kappa shape index (κ3) is 2.70. The summed E-state index contributed by atoms with van der Waals surface area (Å²) in [5.74, 6) is -0.431. The molecule has 17 heavy (non-hydrogen) atoms.